The second-order valence-corrected chi connectivity index (χ2v) is 26.0. The molecule has 2 aliphatic heterocycles. The Kier molecular flexibility index (Phi) is 37.5. The molecule has 10 nitrogen and oxygen atoms in total. The summed E-state index contributed by atoms with van der Waals surface area (Å²) in [6.45, 7) is 16.9. The van der Waals surface area contributed by atoms with Crippen molar-refractivity contribution in [2.45, 2.75) is 273 Å². The summed E-state index contributed by atoms with van der Waals surface area (Å²) in [6, 6.07) is 16.4. The van der Waals surface area contributed by atoms with E-state index < -0.39 is 0 Å². The van der Waals surface area contributed by atoms with E-state index in [-0.39, 0.29) is 19.5 Å². The van der Waals surface area contributed by atoms with E-state index in [4.69, 9.17) is 61.2 Å². The first kappa shape index (κ1) is 77.6. The van der Waals surface area contributed by atoms with Gasteiger partial charge in [-0.05, 0) is 109 Å². The Balaban J connectivity index is 0.0000143. The second-order valence-electron chi connectivity index (χ2n) is 26.0. The van der Waals surface area contributed by atoms with Crippen LogP contribution in [0.5, 0.6) is 34.5 Å². The molecular weight excluding hydrogens is 1230 g/mol. The quantitative estimate of drug-likeness (QED) is 0.0208. The van der Waals surface area contributed by atoms with E-state index >= 15 is 0 Å². The molecule has 0 unspecified atom stereocenters. The van der Waals surface area contributed by atoms with Gasteiger partial charge in [0.1, 0.15) is 0 Å². The summed E-state index contributed by atoms with van der Waals surface area (Å²) < 4.78 is 41.1. The normalized spacial score (nSPS) is 11.6. The summed E-state index contributed by atoms with van der Waals surface area (Å²) in [6.07, 6.45) is 62.8. The van der Waals surface area contributed by atoms with Gasteiger partial charge in [-0.25, -0.2) is 9.97 Å². The summed E-state index contributed by atoms with van der Waals surface area (Å²) in [5.41, 5.74) is 9.52. The number of hydrogen-bond donors (Lipinski definition) is 0. The molecule has 11 heteroatoms. The van der Waals surface area contributed by atoms with Crippen LogP contribution in [0, 0.1) is 24.7 Å². The largest absolute Gasteiger partial charge is 2.00 e. The molecule has 0 amide bonds. The van der Waals surface area contributed by atoms with Crippen LogP contribution in [0.2, 0.25) is 0 Å². The van der Waals surface area contributed by atoms with E-state index in [1.165, 1.54) is 154 Å². The average molecular weight is 1340 g/mol. The van der Waals surface area contributed by atoms with Crippen LogP contribution in [0.1, 0.15) is 307 Å². The van der Waals surface area contributed by atoms with Crippen LogP contribution in [0.15, 0.2) is 48.5 Å². The van der Waals surface area contributed by atoms with Crippen molar-refractivity contribution in [2.24, 2.45) is 0 Å². The second kappa shape index (κ2) is 45.9. The molecule has 7 rings (SSSR count). The van der Waals surface area contributed by atoms with Gasteiger partial charge in [-0.1, -0.05) is 270 Å². The fraction of sp³-hybridized carbons (Fsp3) is 0.571. The van der Waals surface area contributed by atoms with Gasteiger partial charge in [0.15, 0.2) is 23.0 Å². The predicted octanol–water partition coefficient (Wildman–Crippen LogP) is 23.6. The van der Waals surface area contributed by atoms with Crippen LogP contribution in [0.3, 0.4) is 0 Å². The molecule has 3 aromatic heterocycles. The van der Waals surface area contributed by atoms with Gasteiger partial charge in [0, 0.05) is 11.1 Å². The van der Waals surface area contributed by atoms with Gasteiger partial charge in [0.25, 0.3) is 0 Å². The molecular formula is C84H116N4O6Zn. The van der Waals surface area contributed by atoms with Crippen molar-refractivity contribution in [2.75, 3.05) is 39.6 Å². The number of unbranched alkanes of at least 4 members (excludes halogenated alkanes) is 30. The van der Waals surface area contributed by atoms with E-state index in [9.17, 15) is 0 Å². The van der Waals surface area contributed by atoms with Crippen molar-refractivity contribution in [1.29, 1.82) is 0 Å². The maximum Gasteiger partial charge on any atom is 2.00 e. The van der Waals surface area contributed by atoms with Crippen molar-refractivity contribution >= 4 is 46.4 Å². The topological polar surface area (TPSA) is 109 Å². The standard InChI is InChI=1S/C84H116N4O6.Zn/c1-9-17-23-29-35-41-55-89-77-61-65(62-78(90-56-42-36-30-24-18-10-2)83(77)93-59-45-39-33-27-21-13-5)81-73-51-47-69(85-73)67(15-7)71-49-53-75(87-71)82(76-54-50-72(88-76)68(16-8)70-48-52-74(81)86-70)66-63-79(91-57-43-37-31-25-19-11-3)84(94-60-46-40-34-28-22-14-6)80(64-66)92-58-44-38-32-26-20-12-4;/h7-8,47-54,61-64H,9-14,17-46,55-60H2,1-6H3;/q-2;+2. The first-order chi connectivity index (χ1) is 46.4. The molecule has 510 valence electrons. The molecule has 5 aromatic rings. The Morgan fingerprint density at radius 2 is 0.537 bits per heavy atom. The van der Waals surface area contributed by atoms with E-state index in [0.29, 0.717) is 130 Å². The Morgan fingerprint density at radius 1 is 0.305 bits per heavy atom. The monoisotopic (exact) mass is 1340 g/mol. The first-order valence-electron chi connectivity index (χ1n) is 37.5. The number of ether oxygens (including phenoxy) is 6. The molecule has 0 N–H and O–H groups in total. The predicted molar refractivity (Wildman–Crippen MR) is 397 cm³/mol. The number of terminal acetylenes is 2. The number of fused-ring (bicyclic) bond motifs is 8. The van der Waals surface area contributed by atoms with Crippen molar-refractivity contribution in [3.8, 4) is 81.4 Å². The van der Waals surface area contributed by atoms with Crippen LogP contribution >= 0.6 is 0 Å². The summed E-state index contributed by atoms with van der Waals surface area (Å²) in [5.74, 6) is 9.96. The maximum atomic E-state index is 6.87. The smallest absolute Gasteiger partial charge is 0.656 e. The Hall–Kier alpha value is -6.42. The van der Waals surface area contributed by atoms with Gasteiger partial charge < -0.3 is 38.4 Å². The van der Waals surface area contributed by atoms with Gasteiger partial charge in [-0.3, -0.25) is 0 Å². The molecule has 0 atom stereocenters. The molecule has 95 heavy (non-hydrogen) atoms. The Morgan fingerprint density at radius 3 is 0.800 bits per heavy atom. The third kappa shape index (κ3) is 25.2. The summed E-state index contributed by atoms with van der Waals surface area (Å²) >= 11 is 0. The summed E-state index contributed by atoms with van der Waals surface area (Å²) in [7, 11) is 0. The molecule has 0 saturated carbocycles. The van der Waals surface area contributed by atoms with E-state index in [1.54, 1.807) is 0 Å². The van der Waals surface area contributed by atoms with Crippen molar-refractivity contribution in [3.63, 3.8) is 0 Å². The average Bonchev–Trinajstić information content (AvgIpc) is 1.70. The van der Waals surface area contributed by atoms with Crippen LogP contribution in [-0.2, 0) is 19.5 Å². The van der Waals surface area contributed by atoms with Gasteiger partial charge in [0.2, 0.25) is 11.5 Å². The molecule has 0 radical (unpaired) electrons. The zero-order valence-electron chi connectivity index (χ0n) is 59.7. The maximum absolute atomic E-state index is 6.87. The summed E-state index contributed by atoms with van der Waals surface area (Å²) in [4.78, 5) is 21.6. The molecule has 8 bridgehead atoms. The third-order valence-corrected chi connectivity index (χ3v) is 18.0. The molecule has 0 saturated heterocycles. The minimum Gasteiger partial charge on any atom is -0.656 e. The van der Waals surface area contributed by atoms with Crippen LogP contribution in [-0.4, -0.2) is 49.6 Å². The van der Waals surface area contributed by atoms with E-state index in [0.717, 1.165) is 99.3 Å². The SMILES string of the molecule is C#Cc1c2nc(c(-c3cc(OCCCCCCCC)c(OCCCCCCCC)c(OCCCCCCCC)c3)c3ccc([n-]3)c(C#C)c3nc(c(-c4cc(OCCCCCCCC)c(OCCCCCCCC)c(OCCCCCCCC)c4)c4ccc1[n-]4)C=C3)C=C2.[Zn+2]. The molecule has 0 aliphatic carbocycles. The number of nitrogens with zero attached hydrogens (tertiary/aromatic N) is 4. The molecule has 2 aliphatic rings. The molecule has 0 spiro atoms. The molecule has 2 aromatic carbocycles. The van der Waals surface area contributed by atoms with Crippen LogP contribution in [0.25, 0.3) is 68.6 Å². The zero-order chi connectivity index (χ0) is 66.2. The third-order valence-electron chi connectivity index (χ3n) is 18.0. The first-order valence-corrected chi connectivity index (χ1v) is 37.5. The molecule has 0 fully saturated rings. The minimum atomic E-state index is 0. The van der Waals surface area contributed by atoms with E-state index in [1.807, 2.05) is 48.6 Å². The summed E-state index contributed by atoms with van der Waals surface area (Å²) in [5, 5.41) is 0. The zero-order valence-corrected chi connectivity index (χ0v) is 62.7. The van der Waals surface area contributed by atoms with Gasteiger partial charge >= 0.3 is 19.5 Å². The minimum absolute atomic E-state index is 0. The van der Waals surface area contributed by atoms with Crippen LogP contribution < -0.4 is 38.4 Å². The fourth-order valence-corrected chi connectivity index (χ4v) is 12.5. The van der Waals surface area contributed by atoms with Crippen molar-refractivity contribution in [1.82, 2.24) is 19.9 Å². The number of rotatable bonds is 50. The van der Waals surface area contributed by atoms with Gasteiger partial charge in [-0.15, -0.1) is 34.9 Å². The number of hydrogen-bond acceptors (Lipinski definition) is 8. The van der Waals surface area contributed by atoms with Gasteiger partial charge in [0.05, 0.1) is 62.4 Å². The fourth-order valence-electron chi connectivity index (χ4n) is 12.5. The van der Waals surface area contributed by atoms with Crippen LogP contribution in [0.4, 0.5) is 0 Å². The number of aromatic nitrogens is 4. The van der Waals surface area contributed by atoms with E-state index in [2.05, 4.69) is 77.6 Å². The van der Waals surface area contributed by atoms with Gasteiger partial charge in [-0.2, -0.15) is 0 Å². The van der Waals surface area contributed by atoms with Crippen molar-refractivity contribution in [3.05, 3.63) is 82.4 Å². The molecule has 5 heterocycles. The Bertz CT molecular complexity index is 3060. The Labute approximate surface area is 586 Å². The van der Waals surface area contributed by atoms with Crippen molar-refractivity contribution < 1.29 is 47.9 Å². The number of benzene rings is 2.